The fraction of sp³-hybridized carbons (Fsp3) is 0.211. The molecule has 1 unspecified atom stereocenters. The number of allylic oxidation sites excluding steroid dienone is 1. The van der Waals surface area contributed by atoms with E-state index in [0.717, 1.165) is 18.7 Å². The zero-order valence-electron chi connectivity index (χ0n) is 14.2. The van der Waals surface area contributed by atoms with Crippen LogP contribution in [-0.2, 0) is 10.2 Å². The maximum Gasteiger partial charge on any atom is 0.255 e. The first-order valence-electron chi connectivity index (χ1n) is 8.32. The Hall–Kier alpha value is -3.44. The molecular weight excluding hydrogens is 330 g/mol. The number of aromatic nitrogens is 4. The summed E-state index contributed by atoms with van der Waals surface area (Å²) in [5.74, 6) is 2.58. The van der Waals surface area contributed by atoms with E-state index < -0.39 is 5.41 Å². The molecule has 1 saturated heterocycles. The number of rotatable bonds is 3. The van der Waals surface area contributed by atoms with Crippen LogP contribution in [0.3, 0.4) is 0 Å². The van der Waals surface area contributed by atoms with Crippen LogP contribution in [0, 0.1) is 0 Å². The van der Waals surface area contributed by atoms with Crippen molar-refractivity contribution < 1.29 is 4.79 Å². The molecule has 1 aliphatic heterocycles. The Labute approximate surface area is 149 Å². The Bertz CT molecular complexity index is 1080. The summed E-state index contributed by atoms with van der Waals surface area (Å²) in [6.07, 6.45) is 5.94. The van der Waals surface area contributed by atoms with E-state index in [2.05, 4.69) is 15.4 Å². The van der Waals surface area contributed by atoms with Crippen LogP contribution in [0.4, 0.5) is 0 Å². The van der Waals surface area contributed by atoms with Gasteiger partial charge in [-0.25, -0.2) is 14.5 Å². The van der Waals surface area contributed by atoms with E-state index in [-0.39, 0.29) is 5.56 Å². The quantitative estimate of drug-likeness (QED) is 0.724. The van der Waals surface area contributed by atoms with Crippen molar-refractivity contribution in [1.82, 2.24) is 24.6 Å². The van der Waals surface area contributed by atoms with Crippen molar-refractivity contribution in [1.29, 1.82) is 0 Å². The summed E-state index contributed by atoms with van der Waals surface area (Å²) >= 11 is 0. The fourth-order valence-electron chi connectivity index (χ4n) is 3.23. The number of hydrogen-bond donors (Lipinski definition) is 1. The predicted molar refractivity (Wildman–Crippen MR) is 96.1 cm³/mol. The lowest BCUT2D eigenvalue weighted by Gasteiger charge is -2.19. The lowest BCUT2D eigenvalue weighted by molar-refractivity contribution is 0.537. The molecule has 1 aliphatic rings. The molecule has 0 amide bonds. The van der Waals surface area contributed by atoms with Gasteiger partial charge in [0.25, 0.3) is 5.56 Å². The van der Waals surface area contributed by atoms with Gasteiger partial charge in [-0.05, 0) is 31.5 Å². The van der Waals surface area contributed by atoms with Crippen LogP contribution in [0.2, 0.25) is 0 Å². The molecule has 4 heterocycles. The summed E-state index contributed by atoms with van der Waals surface area (Å²) in [7, 11) is 0. The highest BCUT2D eigenvalue weighted by molar-refractivity contribution is 5.58. The first kappa shape index (κ1) is 16.1. The normalized spacial score (nSPS) is 19.2. The Morgan fingerprint density at radius 2 is 2.12 bits per heavy atom. The molecule has 0 bridgehead atoms. The van der Waals surface area contributed by atoms with Gasteiger partial charge in [0, 0.05) is 37.3 Å². The second-order valence-corrected chi connectivity index (χ2v) is 6.41. The minimum Gasteiger partial charge on any atom is -0.379 e. The lowest BCUT2D eigenvalue weighted by Crippen LogP contribution is -2.24. The average molecular weight is 347 g/mol. The van der Waals surface area contributed by atoms with Gasteiger partial charge in [0.1, 0.15) is 11.6 Å². The second-order valence-electron chi connectivity index (χ2n) is 6.41. The molecule has 3 aromatic rings. The van der Waals surface area contributed by atoms with Crippen molar-refractivity contribution in [3.05, 3.63) is 76.7 Å². The Morgan fingerprint density at radius 1 is 1.23 bits per heavy atom. The summed E-state index contributed by atoms with van der Waals surface area (Å²) < 4.78 is 3.20. The smallest absolute Gasteiger partial charge is 0.255 e. The highest BCUT2D eigenvalue weighted by Crippen LogP contribution is 2.35. The molecule has 26 heavy (non-hydrogen) atoms. The maximum absolute atomic E-state index is 12.0. The van der Waals surface area contributed by atoms with Crippen molar-refractivity contribution in [3.8, 4) is 11.5 Å². The number of nitrogens with zero attached hydrogens (tertiary/aromatic N) is 4. The highest BCUT2D eigenvalue weighted by Gasteiger charge is 2.39. The molecule has 1 fully saturated rings. The molecule has 1 N–H and O–H groups in total. The Morgan fingerprint density at radius 3 is 2.92 bits per heavy atom. The van der Waals surface area contributed by atoms with Gasteiger partial charge in [-0.2, -0.15) is 5.10 Å². The maximum atomic E-state index is 12.0. The largest absolute Gasteiger partial charge is 0.379 e. The molecule has 0 radical (unpaired) electrons. The molecule has 0 saturated carbocycles. The van der Waals surface area contributed by atoms with E-state index in [4.69, 9.17) is 0 Å². The third-order valence-corrected chi connectivity index (χ3v) is 4.80. The van der Waals surface area contributed by atoms with Gasteiger partial charge in [-0.1, -0.05) is 6.07 Å². The predicted octanol–water partition coefficient (Wildman–Crippen LogP) is 1.38. The topological polar surface area (TPSA) is 81.8 Å². The first-order chi connectivity index (χ1) is 12.6. The lowest BCUT2D eigenvalue weighted by atomic mass is 9.83. The van der Waals surface area contributed by atoms with Crippen molar-refractivity contribution in [2.45, 2.75) is 18.8 Å². The zero-order chi connectivity index (χ0) is 18.1. The molecule has 0 spiro atoms. The van der Waals surface area contributed by atoms with Crippen molar-refractivity contribution >= 4 is 5.94 Å². The summed E-state index contributed by atoms with van der Waals surface area (Å²) in [4.78, 5) is 27.6. The molecule has 0 aromatic carbocycles. The minimum absolute atomic E-state index is 0.115. The van der Waals surface area contributed by atoms with Gasteiger partial charge in [-0.15, -0.1) is 0 Å². The molecule has 7 heteroatoms. The van der Waals surface area contributed by atoms with Gasteiger partial charge < -0.3 is 5.32 Å². The van der Waals surface area contributed by atoms with Crippen LogP contribution < -0.4 is 10.9 Å². The standard InChI is InChI=1S/C19H17N5O2/c1-19(7-9-20-16(19)13-25)15-6-11-24(22-15)17-12-14(5-8-21-17)23-10-3-2-4-18(23)26/h2-6,8,10-12,20H,7,9H2,1H3. The van der Waals surface area contributed by atoms with Gasteiger partial charge in [0.15, 0.2) is 5.82 Å². The van der Waals surface area contributed by atoms with Gasteiger partial charge >= 0.3 is 0 Å². The van der Waals surface area contributed by atoms with Gasteiger partial charge in [0.2, 0.25) is 0 Å². The van der Waals surface area contributed by atoms with E-state index >= 15 is 0 Å². The molecule has 4 rings (SSSR count). The van der Waals surface area contributed by atoms with Gasteiger partial charge in [-0.3, -0.25) is 9.36 Å². The summed E-state index contributed by atoms with van der Waals surface area (Å²) in [5, 5.41) is 7.69. The summed E-state index contributed by atoms with van der Waals surface area (Å²) in [6, 6.07) is 10.5. The minimum atomic E-state index is -0.471. The van der Waals surface area contributed by atoms with Crippen LogP contribution in [0.15, 0.2) is 65.5 Å². The number of hydrogen-bond acceptors (Lipinski definition) is 5. The van der Waals surface area contributed by atoms with E-state index in [1.54, 1.807) is 52.1 Å². The molecule has 130 valence electrons. The SMILES string of the molecule is CC1(c2ccn(-c3cc(-n4ccccc4=O)ccn3)n2)CCNC1=C=O. The molecular formula is C19H17N5O2. The van der Waals surface area contributed by atoms with Crippen LogP contribution in [0.5, 0.6) is 0 Å². The third-order valence-electron chi connectivity index (χ3n) is 4.80. The molecule has 7 nitrogen and oxygen atoms in total. The van der Waals surface area contributed by atoms with Crippen molar-refractivity contribution in [3.63, 3.8) is 0 Å². The van der Waals surface area contributed by atoms with E-state index in [9.17, 15) is 9.59 Å². The number of pyridine rings is 2. The summed E-state index contributed by atoms with van der Waals surface area (Å²) in [5.41, 5.74) is 1.43. The van der Waals surface area contributed by atoms with Crippen LogP contribution >= 0.6 is 0 Å². The van der Waals surface area contributed by atoms with Crippen LogP contribution in [-0.4, -0.2) is 31.8 Å². The van der Waals surface area contributed by atoms with E-state index in [1.165, 1.54) is 6.07 Å². The Kier molecular flexibility index (Phi) is 3.78. The second kappa shape index (κ2) is 6.13. The highest BCUT2D eigenvalue weighted by atomic mass is 16.1. The summed E-state index contributed by atoms with van der Waals surface area (Å²) in [6.45, 7) is 2.70. The number of nitrogens with one attached hydrogen (secondary N) is 1. The fourth-order valence-corrected chi connectivity index (χ4v) is 3.23. The number of carbonyl (C=O) groups excluding carboxylic acids is 1. The van der Waals surface area contributed by atoms with E-state index in [0.29, 0.717) is 17.2 Å². The molecule has 1 atom stereocenters. The van der Waals surface area contributed by atoms with E-state index in [1.807, 2.05) is 18.9 Å². The van der Waals surface area contributed by atoms with Gasteiger partial charge in [0.05, 0.1) is 16.8 Å². The van der Waals surface area contributed by atoms with Crippen molar-refractivity contribution in [2.75, 3.05) is 6.54 Å². The third kappa shape index (κ3) is 2.55. The van der Waals surface area contributed by atoms with Crippen molar-refractivity contribution in [2.24, 2.45) is 0 Å². The average Bonchev–Trinajstić information content (AvgIpc) is 3.30. The first-order valence-corrected chi connectivity index (χ1v) is 8.32. The zero-order valence-corrected chi connectivity index (χ0v) is 14.2. The van der Waals surface area contributed by atoms with Crippen LogP contribution in [0.25, 0.3) is 11.5 Å². The van der Waals surface area contributed by atoms with Crippen LogP contribution in [0.1, 0.15) is 19.0 Å². The molecule has 3 aromatic heterocycles. The Balaban J connectivity index is 1.73. The molecule has 0 aliphatic carbocycles. The monoisotopic (exact) mass is 347 g/mol.